The number of hydrogen-bond acceptors (Lipinski definition) is 42. The van der Waals surface area contributed by atoms with Gasteiger partial charge < -0.3 is 181 Å². The molecule has 21 N–H and O–H groups in total. The average Bonchev–Trinajstić information content (AvgIpc) is 1.63. The molecule has 1 aromatic heterocycles. The molecule has 0 unspecified atom stereocenters. The van der Waals surface area contributed by atoms with Gasteiger partial charge in [0.1, 0.15) is 61.4 Å². The maximum Gasteiger partial charge on any atom is 0.306 e. The van der Waals surface area contributed by atoms with Crippen molar-refractivity contribution in [1.82, 2.24) is 68.3 Å². The molecule has 2 aromatic carbocycles. The topological polar surface area (TPSA) is 761 Å². The van der Waals surface area contributed by atoms with E-state index in [0.717, 1.165) is 23.5 Å². The monoisotopic (exact) mass is 2140 g/mol. The van der Waals surface area contributed by atoms with E-state index in [1.54, 1.807) is 6.92 Å². The van der Waals surface area contributed by atoms with Crippen LogP contribution in [-0.4, -0.2) is 447 Å². The van der Waals surface area contributed by atoms with Crippen molar-refractivity contribution in [2.75, 3.05) is 218 Å². The molecule has 0 spiro atoms. The summed E-state index contributed by atoms with van der Waals surface area (Å²) in [7, 11) is 2.62. The number of methoxy groups -OCH3 is 2. The van der Waals surface area contributed by atoms with Crippen molar-refractivity contribution in [2.45, 2.75) is 158 Å². The fourth-order valence-corrected chi connectivity index (χ4v) is 14.2. The normalized spacial score (nSPS) is 14.4. The van der Waals surface area contributed by atoms with Gasteiger partial charge in [-0.3, -0.25) is 86.4 Å². The summed E-state index contributed by atoms with van der Waals surface area (Å²) >= 11 is 1.03. The lowest BCUT2D eigenvalue weighted by atomic mass is 10.0. The zero-order valence-electron chi connectivity index (χ0n) is 82.3. The number of rotatable bonds is 80. The number of aliphatic hydroxyl groups excluding tert-OH is 10. The number of nitrogens with zero attached hydrogens (tertiary/aromatic N) is 2. The third kappa shape index (κ3) is 48.0. The summed E-state index contributed by atoms with van der Waals surface area (Å²) in [6, 6.07) is 1.39. The SMILES string of the molecule is CCOC(=O)CCC(=O)c1cc2c(F)c(OCCCOc3c(OC)cc4c(c3F)CN(C(=O)CCC(=O)O[C@@H](C)CNC(=O)CNC(=O)CC[C@H](NC(=O)CN3C(=O)C=CC3=O)C(=O)NCC(=O)NCC(=O)NCC(=O)NCC(=O)NCCOCCOCCOCCOCCOCCOCCOCCOCCC(=O)N[C@@H](CCC(=O)NC[C@H](O)[C@@H](O)[C@H](O)[C@H](O)CO)C(=O)NC[C@H](O)[C@@H](O)[C@H](O)[C@H](O)CO)C4)c(OC)cc2s1. The minimum atomic E-state index is -2.02. The van der Waals surface area contributed by atoms with Crippen molar-refractivity contribution >= 4 is 122 Å². The molecule has 0 radical (unpaired) electrons. The highest BCUT2D eigenvalue weighted by molar-refractivity contribution is 7.20. The summed E-state index contributed by atoms with van der Waals surface area (Å²) in [5.41, 5.74) is 0.564. The Hall–Kier alpha value is -12.1. The molecule has 5 rings (SSSR count). The largest absolute Gasteiger partial charge is 0.493 e. The van der Waals surface area contributed by atoms with E-state index in [4.69, 9.17) is 76.5 Å². The van der Waals surface area contributed by atoms with Crippen LogP contribution in [0.15, 0.2) is 30.4 Å². The van der Waals surface area contributed by atoms with Crippen LogP contribution in [0.25, 0.3) is 10.1 Å². The zero-order valence-corrected chi connectivity index (χ0v) is 83.1. The third-order valence-corrected chi connectivity index (χ3v) is 22.4. The average molecular weight is 2140 g/mol. The Labute approximate surface area is 851 Å². The lowest BCUT2D eigenvalue weighted by Crippen LogP contribution is -2.53. The van der Waals surface area contributed by atoms with E-state index in [9.17, 15) is 122 Å². The number of Topliss-reactive ketones (excluding diaryl/α,β-unsaturated/α-hetero) is 1. The number of nitrogens with one attached hydrogen (secondary N) is 11. The van der Waals surface area contributed by atoms with Crippen LogP contribution < -0.4 is 77.4 Å². The van der Waals surface area contributed by atoms with Gasteiger partial charge in [0.05, 0.1) is 222 Å². The number of fused-ring (bicyclic) bond motifs is 2. The van der Waals surface area contributed by atoms with Crippen LogP contribution in [0.2, 0.25) is 0 Å². The Bertz CT molecular complexity index is 4800. The van der Waals surface area contributed by atoms with Gasteiger partial charge in [-0.25, -0.2) is 8.78 Å². The van der Waals surface area contributed by atoms with Gasteiger partial charge >= 0.3 is 11.9 Å². The molecule has 148 heavy (non-hydrogen) atoms. The van der Waals surface area contributed by atoms with Gasteiger partial charge in [-0.15, -0.1) is 11.3 Å². The first-order chi connectivity index (χ1) is 70.8. The molecular formula is C91H135F2N13O41S. The van der Waals surface area contributed by atoms with E-state index in [2.05, 4.69) is 58.5 Å². The molecule has 57 heteroatoms. The van der Waals surface area contributed by atoms with Crippen molar-refractivity contribution in [3.8, 4) is 23.0 Å². The summed E-state index contributed by atoms with van der Waals surface area (Å²) in [6.45, 7) is -1.32. The van der Waals surface area contributed by atoms with Gasteiger partial charge in [0.25, 0.3) is 11.8 Å². The molecule has 0 saturated carbocycles. The zero-order chi connectivity index (χ0) is 109. The third-order valence-electron chi connectivity index (χ3n) is 21.3. The quantitative estimate of drug-likeness (QED) is 0.0108. The van der Waals surface area contributed by atoms with Gasteiger partial charge in [0.15, 0.2) is 40.4 Å². The number of carbonyl (C=O) groups excluding carboxylic acids is 17. The summed E-state index contributed by atoms with van der Waals surface area (Å²) in [6.07, 6.45) is -17.3. The van der Waals surface area contributed by atoms with Crippen LogP contribution in [-0.2, 0) is 137 Å². The second kappa shape index (κ2) is 70.7. The van der Waals surface area contributed by atoms with Crippen molar-refractivity contribution in [2.24, 2.45) is 0 Å². The van der Waals surface area contributed by atoms with Crippen molar-refractivity contribution in [3.05, 3.63) is 58.0 Å². The lowest BCUT2D eigenvalue weighted by Gasteiger charge is -2.26. The maximum atomic E-state index is 16.1. The van der Waals surface area contributed by atoms with Gasteiger partial charge in [-0.05, 0) is 44.4 Å². The lowest BCUT2D eigenvalue weighted by molar-refractivity contribution is -0.150. The Morgan fingerprint density at radius 1 is 0.426 bits per heavy atom. The first-order valence-corrected chi connectivity index (χ1v) is 48.1. The molecule has 0 bridgehead atoms. The predicted octanol–water partition coefficient (Wildman–Crippen LogP) is -8.98. The Morgan fingerprint density at radius 2 is 0.845 bits per heavy atom. The minimum Gasteiger partial charge on any atom is -0.493 e. The van der Waals surface area contributed by atoms with Crippen LogP contribution in [0.1, 0.15) is 98.9 Å². The molecule has 2 aliphatic rings. The second-order valence-electron chi connectivity index (χ2n) is 32.6. The molecule has 14 amide bonds. The van der Waals surface area contributed by atoms with Crippen LogP contribution >= 0.6 is 11.3 Å². The van der Waals surface area contributed by atoms with E-state index in [-0.39, 0.29) is 215 Å². The number of esters is 2. The summed E-state index contributed by atoms with van der Waals surface area (Å²) in [5, 5.41) is 123. The van der Waals surface area contributed by atoms with Crippen molar-refractivity contribution < 1.29 is 208 Å². The molecule has 0 aliphatic carbocycles. The van der Waals surface area contributed by atoms with Crippen LogP contribution in [0, 0.1) is 11.6 Å². The van der Waals surface area contributed by atoms with E-state index >= 15 is 8.78 Å². The fraction of sp³-hybridized carbons (Fsp3) is 0.637. The molecule has 0 fully saturated rings. The van der Waals surface area contributed by atoms with Gasteiger partial charge in [0.2, 0.25) is 70.9 Å². The number of ether oxygens (including phenoxy) is 14. The number of halogens is 2. The Kier molecular flexibility index (Phi) is 60.4. The molecule has 3 aromatic rings. The van der Waals surface area contributed by atoms with Crippen LogP contribution in [0.3, 0.4) is 0 Å². The van der Waals surface area contributed by atoms with Crippen LogP contribution in [0.5, 0.6) is 23.0 Å². The van der Waals surface area contributed by atoms with E-state index < -0.39 is 265 Å². The van der Waals surface area contributed by atoms with Crippen molar-refractivity contribution in [3.63, 3.8) is 0 Å². The molecule has 3 heterocycles. The standard InChI is InChI=1S/C91H135F2N13O41S/c1-5-144-80(126)15-9-59(109)67-38-55-66(148-67)39-65(135-4)89(82(55)92)146-20-6-19-145-88-64(134-3)37-54-48-105(49-56(54)83(88)93)77(123)14-16-81(127)147-53(2)40-95-72(118)44-97-69(115)11-8-58(104-76(122)50-106-78(124)12-13-79(106)125)91(133)102-47-75(121)100-46-74(120)99-45-73(119)98-43-71(117)94-18-22-137-24-26-139-28-30-141-32-34-143-36-35-142-33-31-140-29-27-138-25-23-136-21-17-70(116)103-57(90(132)101-42-61(111)85(129)87(131)63(113)52-108)7-10-68(114)96-41-60(110)84(128)86(130)62(112)51-107/h12-13,37-39,53,57-58,60-63,84-87,107-108,110-113,128-131H,5-11,14-36,40-52H2,1-4H3,(H,94,117)(H,95,118)(H,96,114)(H,97,115)(H,98,119)(H,99,120)(H,100,121)(H,101,132)(H,102,133)(H,103,116)(H,104,122)/t53-,57-,58-,60-,61-,62+,63+,84+,85+,86+,87+/m0/s1. The smallest absolute Gasteiger partial charge is 0.306 e. The van der Waals surface area contributed by atoms with E-state index in [1.165, 1.54) is 44.2 Å². The highest BCUT2D eigenvalue weighted by Crippen LogP contribution is 2.42. The summed E-state index contributed by atoms with van der Waals surface area (Å²) in [5.74, 6) is -15.1. The first kappa shape index (κ1) is 126. The van der Waals surface area contributed by atoms with E-state index in [1.807, 2.05) is 0 Å². The molecule has 11 atom stereocenters. The summed E-state index contributed by atoms with van der Waals surface area (Å²) in [4.78, 5) is 218. The molecule has 0 saturated heterocycles. The molecule has 830 valence electrons. The number of hydrogen-bond donors (Lipinski definition) is 21. The number of amides is 14. The van der Waals surface area contributed by atoms with Crippen LogP contribution in [0.4, 0.5) is 8.78 Å². The number of carbonyl (C=O) groups is 17. The summed E-state index contributed by atoms with van der Waals surface area (Å²) < 4.78 is 109. The number of benzene rings is 2. The fourth-order valence-electron chi connectivity index (χ4n) is 13.2. The van der Waals surface area contributed by atoms with Gasteiger partial charge in [0, 0.05) is 105 Å². The number of aliphatic hydroxyl groups is 10. The first-order valence-electron chi connectivity index (χ1n) is 47.3. The Balaban J connectivity index is 0.838. The van der Waals surface area contributed by atoms with Gasteiger partial charge in [-0.2, -0.15) is 0 Å². The van der Waals surface area contributed by atoms with E-state index in [0.29, 0.717) is 35.0 Å². The second-order valence-corrected chi connectivity index (χ2v) is 33.7. The highest BCUT2D eigenvalue weighted by atomic mass is 32.1. The predicted molar refractivity (Wildman–Crippen MR) is 505 cm³/mol. The number of thiophene rings is 1. The molecule has 2 aliphatic heterocycles. The minimum absolute atomic E-state index is 0.0273. The highest BCUT2D eigenvalue weighted by Gasteiger charge is 2.37. The van der Waals surface area contributed by atoms with Crippen molar-refractivity contribution in [1.29, 1.82) is 0 Å². The number of ketones is 1. The Morgan fingerprint density at radius 3 is 1.34 bits per heavy atom. The molecule has 54 nitrogen and oxygen atoms in total. The molecular weight excluding hydrogens is 2000 g/mol. The maximum absolute atomic E-state index is 16.1. The number of imide groups is 1. The van der Waals surface area contributed by atoms with Gasteiger partial charge in [-0.1, -0.05) is 0 Å².